The van der Waals surface area contributed by atoms with Crippen molar-refractivity contribution in [3.8, 4) is 0 Å². The fourth-order valence-corrected chi connectivity index (χ4v) is 2.49. The number of carbonyl (C=O) groups is 1. The molecule has 0 aromatic heterocycles. The highest BCUT2D eigenvalue weighted by Gasteiger charge is 2.13. The van der Waals surface area contributed by atoms with E-state index < -0.39 is 9.84 Å². The quantitative estimate of drug-likeness (QED) is 0.530. The third-order valence-corrected chi connectivity index (χ3v) is 4.30. The predicted molar refractivity (Wildman–Crippen MR) is 71.3 cm³/mol. The Hall–Kier alpha value is -0.660. The maximum Gasteiger partial charge on any atom is 0.221 e. The number of nitrogens with one attached hydrogen (secondary N) is 2. The molecule has 1 atom stereocenters. The molecule has 1 amide bonds. The lowest BCUT2D eigenvalue weighted by Gasteiger charge is -2.13. The van der Waals surface area contributed by atoms with Crippen molar-refractivity contribution in [2.45, 2.75) is 26.3 Å². The molecule has 0 bridgehead atoms. The van der Waals surface area contributed by atoms with Crippen LogP contribution in [0.1, 0.15) is 20.3 Å². The van der Waals surface area contributed by atoms with Crippen molar-refractivity contribution in [1.29, 1.82) is 0 Å². The van der Waals surface area contributed by atoms with Crippen LogP contribution in [0.5, 0.6) is 0 Å². The smallest absolute Gasteiger partial charge is 0.221 e. The minimum Gasteiger partial charge on any atom is -0.383 e. The lowest BCUT2D eigenvalue weighted by Crippen LogP contribution is -2.36. The van der Waals surface area contributed by atoms with E-state index in [1.54, 1.807) is 21.0 Å². The first kappa shape index (κ1) is 17.3. The summed E-state index contributed by atoms with van der Waals surface area (Å²) in [5.41, 5.74) is 0. The number of carbonyl (C=O) groups excluding carboxylic acids is 1. The fraction of sp³-hybridized carbons (Fsp3) is 0.909. The molecule has 0 aromatic rings. The van der Waals surface area contributed by atoms with Gasteiger partial charge in [0.25, 0.3) is 0 Å². The van der Waals surface area contributed by atoms with Gasteiger partial charge in [-0.05, 0) is 6.92 Å². The highest BCUT2D eigenvalue weighted by Crippen LogP contribution is 1.94. The Morgan fingerprint density at radius 1 is 1.33 bits per heavy atom. The van der Waals surface area contributed by atoms with Gasteiger partial charge in [0.15, 0.2) is 9.84 Å². The Labute approximate surface area is 109 Å². The van der Waals surface area contributed by atoms with Gasteiger partial charge in [-0.3, -0.25) is 4.79 Å². The number of methoxy groups -OCH3 is 1. The molecule has 0 rings (SSSR count). The first-order chi connectivity index (χ1) is 8.41. The van der Waals surface area contributed by atoms with Crippen molar-refractivity contribution in [3.05, 3.63) is 0 Å². The minimum absolute atomic E-state index is 0.0647. The van der Waals surface area contributed by atoms with Crippen molar-refractivity contribution in [1.82, 2.24) is 10.6 Å². The molecule has 108 valence electrons. The number of amides is 1. The lowest BCUT2D eigenvalue weighted by molar-refractivity contribution is -0.121. The molecule has 0 fully saturated rings. The number of hydrogen-bond donors (Lipinski definition) is 2. The van der Waals surface area contributed by atoms with Crippen molar-refractivity contribution in [2.24, 2.45) is 0 Å². The number of hydrogen-bond acceptors (Lipinski definition) is 5. The Kier molecular flexibility index (Phi) is 8.95. The van der Waals surface area contributed by atoms with E-state index in [4.69, 9.17) is 4.74 Å². The zero-order valence-electron chi connectivity index (χ0n) is 11.4. The number of rotatable bonds is 10. The summed E-state index contributed by atoms with van der Waals surface area (Å²) >= 11 is 0. The molecule has 0 saturated heterocycles. The third-order valence-electron chi connectivity index (χ3n) is 2.42. The van der Waals surface area contributed by atoms with Crippen LogP contribution in [0.25, 0.3) is 0 Å². The van der Waals surface area contributed by atoms with Crippen molar-refractivity contribution < 1.29 is 17.9 Å². The highest BCUT2D eigenvalue weighted by atomic mass is 32.2. The second-order valence-corrected chi connectivity index (χ2v) is 6.54. The largest absolute Gasteiger partial charge is 0.383 e. The van der Waals surface area contributed by atoms with E-state index in [1.165, 1.54) is 0 Å². The first-order valence-corrected chi connectivity index (χ1v) is 7.93. The molecule has 0 radical (unpaired) electrons. The molecule has 6 nitrogen and oxygen atoms in total. The van der Waals surface area contributed by atoms with E-state index in [0.717, 1.165) is 0 Å². The maximum atomic E-state index is 11.3. The Bertz CT molecular complexity index is 330. The summed E-state index contributed by atoms with van der Waals surface area (Å²) in [5.74, 6) is 0.191. The van der Waals surface area contributed by atoms with Crippen LogP contribution in [0.4, 0.5) is 0 Å². The van der Waals surface area contributed by atoms with Crippen LogP contribution in [0, 0.1) is 0 Å². The van der Waals surface area contributed by atoms with Gasteiger partial charge in [0.05, 0.1) is 12.4 Å². The molecule has 0 aliphatic rings. The van der Waals surface area contributed by atoms with Crippen LogP contribution in [0.2, 0.25) is 0 Å². The molecular formula is C11H24N2O4S. The number of ether oxygens (including phenoxy) is 1. The molecule has 0 aliphatic heterocycles. The fourth-order valence-electron chi connectivity index (χ4n) is 1.37. The van der Waals surface area contributed by atoms with E-state index in [0.29, 0.717) is 26.1 Å². The molecule has 0 spiro atoms. The van der Waals surface area contributed by atoms with Crippen LogP contribution >= 0.6 is 0 Å². The van der Waals surface area contributed by atoms with Crippen molar-refractivity contribution in [2.75, 3.05) is 38.3 Å². The molecule has 2 N–H and O–H groups in total. The summed E-state index contributed by atoms with van der Waals surface area (Å²) < 4.78 is 27.5. The normalized spacial score (nSPS) is 13.3. The van der Waals surface area contributed by atoms with E-state index in [1.807, 2.05) is 0 Å². The van der Waals surface area contributed by atoms with E-state index >= 15 is 0 Å². The van der Waals surface area contributed by atoms with Gasteiger partial charge < -0.3 is 15.4 Å². The van der Waals surface area contributed by atoms with Crippen molar-refractivity contribution in [3.63, 3.8) is 0 Å². The SMILES string of the molecule is CCS(=O)(=O)CC(C)NCCC(=O)NCCOC. The summed E-state index contributed by atoms with van der Waals surface area (Å²) in [5, 5.41) is 5.72. The zero-order valence-corrected chi connectivity index (χ0v) is 12.2. The summed E-state index contributed by atoms with van der Waals surface area (Å²) in [4.78, 5) is 11.3. The van der Waals surface area contributed by atoms with E-state index in [9.17, 15) is 13.2 Å². The van der Waals surface area contributed by atoms with Crippen LogP contribution < -0.4 is 10.6 Å². The van der Waals surface area contributed by atoms with Crippen LogP contribution in [0.15, 0.2) is 0 Å². The molecule has 18 heavy (non-hydrogen) atoms. The molecule has 1 unspecified atom stereocenters. The maximum absolute atomic E-state index is 11.3. The van der Waals surface area contributed by atoms with Gasteiger partial charge in [0, 0.05) is 38.4 Å². The number of sulfone groups is 1. The van der Waals surface area contributed by atoms with E-state index in [-0.39, 0.29) is 23.5 Å². The Morgan fingerprint density at radius 3 is 2.56 bits per heavy atom. The summed E-state index contributed by atoms with van der Waals surface area (Å²) in [6.45, 7) is 4.89. The minimum atomic E-state index is -2.97. The molecule has 0 saturated carbocycles. The zero-order chi connectivity index (χ0) is 14.0. The standard InChI is InChI=1S/C11H24N2O4S/c1-4-18(15,16)9-10(2)12-6-5-11(14)13-7-8-17-3/h10,12H,4-9H2,1-3H3,(H,13,14). The van der Waals surface area contributed by atoms with Gasteiger partial charge in [-0.15, -0.1) is 0 Å². The van der Waals surface area contributed by atoms with Gasteiger partial charge in [-0.1, -0.05) is 6.92 Å². The van der Waals surface area contributed by atoms with Gasteiger partial charge in [0.1, 0.15) is 0 Å². The lowest BCUT2D eigenvalue weighted by atomic mass is 10.3. The monoisotopic (exact) mass is 280 g/mol. The summed E-state index contributed by atoms with van der Waals surface area (Å²) in [6.07, 6.45) is 0.334. The highest BCUT2D eigenvalue weighted by molar-refractivity contribution is 7.91. The Balaban J connectivity index is 3.68. The molecule has 7 heteroatoms. The van der Waals surface area contributed by atoms with Crippen LogP contribution in [-0.2, 0) is 19.4 Å². The van der Waals surface area contributed by atoms with E-state index in [2.05, 4.69) is 10.6 Å². The average Bonchev–Trinajstić information content (AvgIpc) is 2.28. The summed E-state index contributed by atoms with van der Waals surface area (Å²) in [7, 11) is -1.39. The van der Waals surface area contributed by atoms with Gasteiger partial charge >= 0.3 is 0 Å². The first-order valence-electron chi connectivity index (χ1n) is 6.10. The third kappa shape index (κ3) is 9.38. The molecule has 0 heterocycles. The van der Waals surface area contributed by atoms with Crippen LogP contribution in [0.3, 0.4) is 0 Å². The second kappa shape index (κ2) is 9.29. The average molecular weight is 280 g/mol. The van der Waals surface area contributed by atoms with Gasteiger partial charge in [-0.25, -0.2) is 8.42 Å². The second-order valence-electron chi connectivity index (χ2n) is 4.15. The topological polar surface area (TPSA) is 84.5 Å². The van der Waals surface area contributed by atoms with Crippen molar-refractivity contribution >= 4 is 15.7 Å². The van der Waals surface area contributed by atoms with Gasteiger partial charge in [0.2, 0.25) is 5.91 Å². The molecular weight excluding hydrogens is 256 g/mol. The molecule has 0 aliphatic carbocycles. The molecule has 0 aromatic carbocycles. The summed E-state index contributed by atoms with van der Waals surface area (Å²) in [6, 6.07) is -0.137. The predicted octanol–water partition coefficient (Wildman–Crippen LogP) is -0.448. The Morgan fingerprint density at radius 2 is 2.00 bits per heavy atom. The van der Waals surface area contributed by atoms with Crippen LogP contribution in [-0.4, -0.2) is 58.7 Å². The van der Waals surface area contributed by atoms with Gasteiger partial charge in [-0.2, -0.15) is 0 Å².